The number of nitrogens with zero attached hydrogens (tertiary/aromatic N) is 1. The fourth-order valence-electron chi connectivity index (χ4n) is 4.59. The van der Waals surface area contributed by atoms with Gasteiger partial charge in [-0.1, -0.05) is 54.6 Å². The molecule has 0 spiro atoms. The average molecular weight is 412 g/mol. The lowest BCUT2D eigenvalue weighted by molar-refractivity contribution is 0.0311. The van der Waals surface area contributed by atoms with Crippen molar-refractivity contribution < 1.29 is 4.74 Å². The van der Waals surface area contributed by atoms with E-state index in [1.54, 1.807) is 0 Å². The molecule has 4 heteroatoms. The molecule has 1 fully saturated rings. The Bertz CT molecular complexity index is 1180. The highest BCUT2D eigenvalue weighted by molar-refractivity contribution is 6.02. The van der Waals surface area contributed by atoms with Crippen LogP contribution in [0.25, 0.3) is 21.5 Å². The van der Waals surface area contributed by atoms with Gasteiger partial charge in [-0.05, 0) is 64.0 Å². The summed E-state index contributed by atoms with van der Waals surface area (Å²) in [5, 5.41) is 12.0. The zero-order valence-corrected chi connectivity index (χ0v) is 18.0. The number of piperazine rings is 1. The molecule has 158 valence electrons. The summed E-state index contributed by atoms with van der Waals surface area (Å²) in [6, 6.07) is 28.2. The lowest BCUT2D eigenvalue weighted by Crippen LogP contribution is -2.52. The second-order valence-electron chi connectivity index (χ2n) is 8.16. The molecule has 1 atom stereocenters. The van der Waals surface area contributed by atoms with E-state index in [2.05, 4.69) is 94.4 Å². The summed E-state index contributed by atoms with van der Waals surface area (Å²) in [5.41, 5.74) is 3.77. The third-order valence-electron chi connectivity index (χ3n) is 6.12. The van der Waals surface area contributed by atoms with E-state index in [1.165, 1.54) is 38.4 Å². The van der Waals surface area contributed by atoms with Gasteiger partial charge in [-0.15, -0.1) is 0 Å². The standard InChI is InChI=1S/C27H29N3O/c1-28-17-26-24-10-6-5-7-21(24)16-22-12-11-20(15-25(22)26)19-31-27-18-29-13-14-30(27)23-8-3-2-4-9-23/h2-12,15-16,27-29H,13-14,17-19H2,1H3. The van der Waals surface area contributed by atoms with Crippen molar-refractivity contribution >= 4 is 27.2 Å². The van der Waals surface area contributed by atoms with E-state index in [0.717, 1.165) is 26.2 Å². The number of ether oxygens (including phenoxy) is 1. The Morgan fingerprint density at radius 2 is 1.74 bits per heavy atom. The number of benzene rings is 4. The number of hydrogen-bond acceptors (Lipinski definition) is 4. The predicted octanol–water partition coefficient (Wildman–Crippen LogP) is 4.66. The Labute approximate surface area is 183 Å². The van der Waals surface area contributed by atoms with Crippen molar-refractivity contribution in [3.8, 4) is 0 Å². The SMILES string of the molecule is CNCc1c2ccccc2cc2ccc(COC3CNCCN3c3ccccc3)cc12. The van der Waals surface area contributed by atoms with Gasteiger partial charge in [0, 0.05) is 31.9 Å². The van der Waals surface area contributed by atoms with E-state index >= 15 is 0 Å². The molecule has 0 saturated carbocycles. The maximum absolute atomic E-state index is 6.42. The van der Waals surface area contributed by atoms with Gasteiger partial charge in [0.2, 0.25) is 0 Å². The minimum absolute atomic E-state index is 0.0280. The summed E-state index contributed by atoms with van der Waals surface area (Å²) >= 11 is 0. The fourth-order valence-corrected chi connectivity index (χ4v) is 4.59. The quantitative estimate of drug-likeness (QED) is 0.452. The monoisotopic (exact) mass is 411 g/mol. The molecular formula is C27H29N3O. The molecule has 2 N–H and O–H groups in total. The first-order valence-electron chi connectivity index (χ1n) is 11.1. The number of hydrogen-bond donors (Lipinski definition) is 2. The van der Waals surface area contributed by atoms with E-state index in [-0.39, 0.29) is 6.23 Å². The topological polar surface area (TPSA) is 36.5 Å². The van der Waals surface area contributed by atoms with Crippen LogP contribution in [0, 0.1) is 0 Å². The maximum Gasteiger partial charge on any atom is 0.143 e. The van der Waals surface area contributed by atoms with Crippen LogP contribution in [0.3, 0.4) is 0 Å². The van der Waals surface area contributed by atoms with Crippen LogP contribution in [-0.4, -0.2) is 32.9 Å². The van der Waals surface area contributed by atoms with Crippen molar-refractivity contribution in [1.82, 2.24) is 10.6 Å². The van der Waals surface area contributed by atoms with Crippen LogP contribution in [0.4, 0.5) is 5.69 Å². The Kier molecular flexibility index (Phi) is 5.85. The van der Waals surface area contributed by atoms with Crippen LogP contribution < -0.4 is 15.5 Å². The molecular weight excluding hydrogens is 382 g/mol. The van der Waals surface area contributed by atoms with Crippen LogP contribution in [0.15, 0.2) is 78.9 Å². The molecule has 0 radical (unpaired) electrons. The molecule has 1 aliphatic heterocycles. The summed E-state index contributed by atoms with van der Waals surface area (Å²) in [5.74, 6) is 0. The highest BCUT2D eigenvalue weighted by Crippen LogP contribution is 2.30. The largest absolute Gasteiger partial charge is 0.352 e. The van der Waals surface area contributed by atoms with Crippen molar-refractivity contribution in [2.24, 2.45) is 0 Å². The molecule has 1 heterocycles. The minimum atomic E-state index is 0.0280. The molecule has 4 aromatic carbocycles. The Morgan fingerprint density at radius 1 is 0.935 bits per heavy atom. The van der Waals surface area contributed by atoms with Crippen molar-refractivity contribution in [2.45, 2.75) is 19.4 Å². The molecule has 31 heavy (non-hydrogen) atoms. The molecule has 0 amide bonds. The highest BCUT2D eigenvalue weighted by Gasteiger charge is 2.23. The van der Waals surface area contributed by atoms with E-state index in [0.29, 0.717) is 6.61 Å². The second kappa shape index (κ2) is 9.06. The Morgan fingerprint density at radius 3 is 2.61 bits per heavy atom. The zero-order valence-electron chi connectivity index (χ0n) is 18.0. The summed E-state index contributed by atoms with van der Waals surface area (Å²) in [6.07, 6.45) is 0.0280. The maximum atomic E-state index is 6.42. The van der Waals surface area contributed by atoms with Crippen molar-refractivity contribution in [1.29, 1.82) is 0 Å². The van der Waals surface area contributed by atoms with E-state index in [9.17, 15) is 0 Å². The molecule has 0 aliphatic carbocycles. The van der Waals surface area contributed by atoms with Gasteiger partial charge in [0.05, 0.1) is 6.61 Å². The first-order chi connectivity index (χ1) is 15.3. The van der Waals surface area contributed by atoms with E-state index in [4.69, 9.17) is 4.74 Å². The zero-order chi connectivity index (χ0) is 21.0. The summed E-state index contributed by atoms with van der Waals surface area (Å²) < 4.78 is 6.42. The normalized spacial score (nSPS) is 16.8. The van der Waals surface area contributed by atoms with Crippen LogP contribution in [0.1, 0.15) is 11.1 Å². The van der Waals surface area contributed by atoms with Crippen molar-refractivity contribution in [3.63, 3.8) is 0 Å². The number of nitrogens with one attached hydrogen (secondary N) is 2. The third-order valence-corrected chi connectivity index (χ3v) is 6.12. The van der Waals surface area contributed by atoms with Gasteiger partial charge < -0.3 is 20.3 Å². The lowest BCUT2D eigenvalue weighted by Gasteiger charge is -2.37. The van der Waals surface area contributed by atoms with Gasteiger partial charge in [-0.3, -0.25) is 0 Å². The van der Waals surface area contributed by atoms with Crippen LogP contribution in [0.5, 0.6) is 0 Å². The first-order valence-corrected chi connectivity index (χ1v) is 11.1. The highest BCUT2D eigenvalue weighted by atomic mass is 16.5. The number of para-hydroxylation sites is 1. The lowest BCUT2D eigenvalue weighted by atomic mass is 9.95. The Balaban J connectivity index is 1.42. The minimum Gasteiger partial charge on any atom is -0.352 e. The number of rotatable bonds is 6. The van der Waals surface area contributed by atoms with Gasteiger partial charge in [-0.2, -0.15) is 0 Å². The average Bonchev–Trinajstić information content (AvgIpc) is 2.83. The number of fused-ring (bicyclic) bond motifs is 2. The van der Waals surface area contributed by atoms with E-state index in [1.807, 2.05) is 7.05 Å². The summed E-state index contributed by atoms with van der Waals surface area (Å²) in [6.45, 7) is 4.20. The number of anilines is 1. The Hall–Kier alpha value is -2.92. The molecule has 1 saturated heterocycles. The van der Waals surface area contributed by atoms with Gasteiger partial charge in [-0.25, -0.2) is 0 Å². The van der Waals surface area contributed by atoms with Gasteiger partial charge in [0.15, 0.2) is 0 Å². The molecule has 0 aromatic heterocycles. The summed E-state index contributed by atoms with van der Waals surface area (Å²) in [4.78, 5) is 2.36. The van der Waals surface area contributed by atoms with Gasteiger partial charge in [0.1, 0.15) is 6.23 Å². The second-order valence-corrected chi connectivity index (χ2v) is 8.16. The molecule has 5 rings (SSSR count). The predicted molar refractivity (Wildman–Crippen MR) is 129 cm³/mol. The first kappa shape index (κ1) is 20.0. The van der Waals surface area contributed by atoms with Crippen LogP contribution in [0.2, 0.25) is 0 Å². The smallest absolute Gasteiger partial charge is 0.143 e. The summed E-state index contributed by atoms with van der Waals surface area (Å²) in [7, 11) is 2.01. The fraction of sp³-hybridized carbons (Fsp3) is 0.259. The van der Waals surface area contributed by atoms with Crippen molar-refractivity contribution in [3.05, 3.63) is 90.0 Å². The van der Waals surface area contributed by atoms with Crippen LogP contribution >= 0.6 is 0 Å². The molecule has 4 nitrogen and oxygen atoms in total. The van der Waals surface area contributed by atoms with Gasteiger partial charge in [0.25, 0.3) is 0 Å². The van der Waals surface area contributed by atoms with E-state index < -0.39 is 0 Å². The van der Waals surface area contributed by atoms with Gasteiger partial charge >= 0.3 is 0 Å². The molecule has 1 unspecified atom stereocenters. The van der Waals surface area contributed by atoms with Crippen molar-refractivity contribution in [2.75, 3.05) is 31.6 Å². The molecule has 1 aliphatic rings. The third kappa shape index (κ3) is 4.15. The molecule has 4 aromatic rings. The molecule has 0 bridgehead atoms. The van der Waals surface area contributed by atoms with Crippen LogP contribution in [-0.2, 0) is 17.9 Å².